The normalized spacial score (nSPS) is 13.8. The van der Waals surface area contributed by atoms with Gasteiger partial charge in [0.2, 0.25) is 5.91 Å². The number of rotatable bonds is 8. The second kappa shape index (κ2) is 11.6. The van der Waals surface area contributed by atoms with Crippen molar-refractivity contribution in [1.29, 1.82) is 0 Å². The number of carbonyl (C=O) groups is 1. The molecule has 1 aliphatic carbocycles. The Kier molecular flexibility index (Phi) is 10.2. The number of hydrogen-bond acceptors (Lipinski definition) is 3. The van der Waals surface area contributed by atoms with Crippen molar-refractivity contribution in [2.75, 3.05) is 39.5 Å². The van der Waals surface area contributed by atoms with Gasteiger partial charge < -0.3 is 15.5 Å². The Hall–Kier alpha value is -0.960. The van der Waals surface area contributed by atoms with Crippen LogP contribution in [-0.2, 0) is 4.79 Å². The van der Waals surface area contributed by atoms with Crippen LogP contribution >= 0.6 is 35.7 Å². The number of nitrogens with one attached hydrogen (secondary N) is 2. The Morgan fingerprint density at radius 3 is 2.58 bits per heavy atom. The van der Waals surface area contributed by atoms with Gasteiger partial charge in [0, 0.05) is 37.8 Å². The van der Waals surface area contributed by atoms with E-state index in [-0.39, 0.29) is 36.4 Å². The molecule has 0 saturated heterocycles. The van der Waals surface area contributed by atoms with E-state index in [1.807, 2.05) is 30.0 Å². The summed E-state index contributed by atoms with van der Waals surface area (Å²) in [6.07, 6.45) is 2.58. The summed E-state index contributed by atoms with van der Waals surface area (Å²) in [7, 11) is 3.50. The van der Waals surface area contributed by atoms with E-state index in [0.717, 1.165) is 30.7 Å². The minimum atomic E-state index is 0. The number of halogens is 1. The van der Waals surface area contributed by atoms with Crippen LogP contribution in [0.2, 0.25) is 0 Å². The van der Waals surface area contributed by atoms with E-state index in [4.69, 9.17) is 0 Å². The van der Waals surface area contributed by atoms with Crippen molar-refractivity contribution in [3.63, 3.8) is 0 Å². The first kappa shape index (κ1) is 21.1. The molecule has 0 unspecified atom stereocenters. The van der Waals surface area contributed by atoms with Crippen molar-refractivity contribution in [3.8, 4) is 0 Å². The molecule has 1 aliphatic rings. The van der Waals surface area contributed by atoms with E-state index in [9.17, 15) is 4.79 Å². The lowest BCUT2D eigenvalue weighted by molar-refractivity contribution is -0.127. The predicted molar refractivity (Wildman–Crippen MR) is 112 cm³/mol. The Morgan fingerprint density at radius 1 is 1.25 bits per heavy atom. The number of nitrogens with zero attached hydrogens (tertiary/aromatic N) is 2. The van der Waals surface area contributed by atoms with Crippen molar-refractivity contribution in [3.05, 3.63) is 30.3 Å². The molecule has 0 aliphatic heterocycles. The fourth-order valence-electron chi connectivity index (χ4n) is 1.88. The van der Waals surface area contributed by atoms with E-state index in [0.29, 0.717) is 0 Å². The summed E-state index contributed by atoms with van der Waals surface area (Å²) in [6.45, 7) is 1.93. The second-order valence-electron chi connectivity index (χ2n) is 5.87. The number of likely N-dealkylation sites (N-methyl/N-ethyl adjacent to an activating group) is 1. The van der Waals surface area contributed by atoms with Crippen LogP contribution in [0, 0.1) is 5.92 Å². The number of carbonyl (C=O) groups excluding carboxylic acids is 1. The van der Waals surface area contributed by atoms with Gasteiger partial charge in [-0.2, -0.15) is 0 Å². The van der Waals surface area contributed by atoms with Gasteiger partial charge in [-0.1, -0.05) is 18.2 Å². The molecular formula is C17H27IN4OS. The highest BCUT2D eigenvalue weighted by Crippen LogP contribution is 2.27. The van der Waals surface area contributed by atoms with Crippen LogP contribution in [0.1, 0.15) is 12.8 Å². The largest absolute Gasteiger partial charge is 0.356 e. The first-order valence-corrected chi connectivity index (χ1v) is 9.04. The molecule has 1 aromatic carbocycles. The van der Waals surface area contributed by atoms with Gasteiger partial charge in [-0.05, 0) is 30.9 Å². The van der Waals surface area contributed by atoms with Gasteiger partial charge in [-0.3, -0.25) is 4.79 Å². The Morgan fingerprint density at radius 2 is 1.96 bits per heavy atom. The van der Waals surface area contributed by atoms with Crippen LogP contribution < -0.4 is 10.6 Å². The third kappa shape index (κ3) is 8.77. The topological polar surface area (TPSA) is 56.7 Å². The standard InChI is InChI=1S/C17H26N4OS.HI/c1-21(2)16(22)13-20-17(19-12-14-8-9-14)18-10-11-23-15-6-4-3-5-7-15;/h3-7,14H,8-13H2,1-2H3,(H2,18,19,20);1H. The lowest BCUT2D eigenvalue weighted by atomic mass is 10.4. The van der Waals surface area contributed by atoms with Crippen molar-refractivity contribution in [2.24, 2.45) is 10.9 Å². The van der Waals surface area contributed by atoms with Gasteiger partial charge in [-0.15, -0.1) is 35.7 Å². The predicted octanol–water partition coefficient (Wildman–Crippen LogP) is 2.43. The number of benzene rings is 1. The number of aliphatic imine (C=N–C) groups is 1. The van der Waals surface area contributed by atoms with Gasteiger partial charge >= 0.3 is 0 Å². The maximum absolute atomic E-state index is 11.7. The smallest absolute Gasteiger partial charge is 0.243 e. The van der Waals surface area contributed by atoms with Crippen molar-refractivity contribution < 1.29 is 4.79 Å². The third-order valence-electron chi connectivity index (χ3n) is 3.53. The molecule has 0 aromatic heterocycles. The monoisotopic (exact) mass is 462 g/mol. The van der Waals surface area contributed by atoms with Gasteiger partial charge in [0.25, 0.3) is 0 Å². The third-order valence-corrected chi connectivity index (χ3v) is 4.55. The lowest BCUT2D eigenvalue weighted by Crippen LogP contribution is -2.40. The van der Waals surface area contributed by atoms with Crippen molar-refractivity contribution in [1.82, 2.24) is 15.5 Å². The highest BCUT2D eigenvalue weighted by Gasteiger charge is 2.21. The molecule has 0 bridgehead atoms. The summed E-state index contributed by atoms with van der Waals surface area (Å²) in [6, 6.07) is 10.3. The molecule has 0 atom stereocenters. The zero-order chi connectivity index (χ0) is 16.5. The number of thioether (sulfide) groups is 1. The Labute approximate surface area is 166 Å². The molecule has 1 amide bonds. The van der Waals surface area contributed by atoms with Gasteiger partial charge in [0.1, 0.15) is 6.54 Å². The Balaban J connectivity index is 0.00000288. The van der Waals surface area contributed by atoms with Crippen LogP contribution in [0.4, 0.5) is 0 Å². The lowest BCUT2D eigenvalue weighted by Gasteiger charge is -2.13. The SMILES string of the molecule is CN(C)C(=O)CN=C(NCCSc1ccccc1)NCC1CC1.I. The van der Waals surface area contributed by atoms with E-state index in [2.05, 4.69) is 27.8 Å². The molecule has 0 heterocycles. The highest BCUT2D eigenvalue weighted by atomic mass is 127. The average Bonchev–Trinajstić information content (AvgIpc) is 3.38. The second-order valence-corrected chi connectivity index (χ2v) is 7.03. The Bertz CT molecular complexity index is 521. The quantitative estimate of drug-likeness (QED) is 0.205. The molecule has 1 aromatic rings. The molecule has 0 spiro atoms. The summed E-state index contributed by atoms with van der Waals surface area (Å²) >= 11 is 1.81. The minimum Gasteiger partial charge on any atom is -0.356 e. The molecule has 2 N–H and O–H groups in total. The summed E-state index contributed by atoms with van der Waals surface area (Å²) in [5, 5.41) is 6.65. The maximum atomic E-state index is 11.7. The van der Waals surface area contributed by atoms with Crippen LogP contribution in [0.5, 0.6) is 0 Å². The van der Waals surface area contributed by atoms with Gasteiger partial charge in [0.05, 0.1) is 0 Å². The summed E-state index contributed by atoms with van der Waals surface area (Å²) in [5.41, 5.74) is 0. The van der Waals surface area contributed by atoms with E-state index in [1.54, 1.807) is 19.0 Å². The highest BCUT2D eigenvalue weighted by molar-refractivity contribution is 14.0. The van der Waals surface area contributed by atoms with E-state index >= 15 is 0 Å². The molecular weight excluding hydrogens is 435 g/mol. The van der Waals surface area contributed by atoms with Crippen molar-refractivity contribution >= 4 is 47.6 Å². The van der Waals surface area contributed by atoms with Crippen LogP contribution in [0.25, 0.3) is 0 Å². The zero-order valence-corrected chi connectivity index (χ0v) is 17.5. The van der Waals surface area contributed by atoms with E-state index < -0.39 is 0 Å². The molecule has 5 nitrogen and oxygen atoms in total. The maximum Gasteiger partial charge on any atom is 0.243 e. The zero-order valence-electron chi connectivity index (χ0n) is 14.3. The van der Waals surface area contributed by atoms with Crippen LogP contribution in [0.15, 0.2) is 40.2 Å². The molecule has 134 valence electrons. The van der Waals surface area contributed by atoms with Crippen LogP contribution in [0.3, 0.4) is 0 Å². The minimum absolute atomic E-state index is 0. The molecule has 0 radical (unpaired) electrons. The molecule has 1 saturated carbocycles. The summed E-state index contributed by atoms with van der Waals surface area (Å²) in [5.74, 6) is 2.47. The first-order valence-electron chi connectivity index (χ1n) is 8.05. The molecule has 1 fully saturated rings. The van der Waals surface area contributed by atoms with Gasteiger partial charge in [0.15, 0.2) is 5.96 Å². The number of hydrogen-bond donors (Lipinski definition) is 2. The molecule has 7 heteroatoms. The fourth-order valence-corrected chi connectivity index (χ4v) is 2.67. The first-order chi connectivity index (χ1) is 11.1. The van der Waals surface area contributed by atoms with E-state index in [1.165, 1.54) is 17.7 Å². The fraction of sp³-hybridized carbons (Fsp3) is 0.529. The van der Waals surface area contributed by atoms with Crippen LogP contribution in [-0.4, -0.2) is 56.2 Å². The van der Waals surface area contributed by atoms with Crippen molar-refractivity contribution in [2.45, 2.75) is 17.7 Å². The molecule has 2 rings (SSSR count). The number of amides is 1. The summed E-state index contributed by atoms with van der Waals surface area (Å²) in [4.78, 5) is 18.9. The number of guanidine groups is 1. The van der Waals surface area contributed by atoms with Gasteiger partial charge in [-0.25, -0.2) is 4.99 Å². The molecule has 24 heavy (non-hydrogen) atoms. The average molecular weight is 462 g/mol. The summed E-state index contributed by atoms with van der Waals surface area (Å²) < 4.78 is 0.